The SMILES string of the molecule is COc1ccc(OC)c2c1CCNC2Cc1ccc2c(c1)OCO2. The molecule has 1 unspecified atom stereocenters. The molecule has 0 amide bonds. The first-order valence-electron chi connectivity index (χ1n) is 8.16. The van der Waals surface area contributed by atoms with E-state index in [1.165, 1.54) is 16.7 Å². The van der Waals surface area contributed by atoms with Gasteiger partial charge < -0.3 is 24.3 Å². The molecule has 2 heterocycles. The van der Waals surface area contributed by atoms with Crippen LogP contribution in [-0.2, 0) is 12.8 Å². The predicted octanol–water partition coefficient (Wildman–Crippen LogP) is 2.86. The number of benzene rings is 2. The van der Waals surface area contributed by atoms with Crippen molar-refractivity contribution in [3.8, 4) is 23.0 Å². The van der Waals surface area contributed by atoms with Crippen LogP contribution in [-0.4, -0.2) is 27.6 Å². The van der Waals surface area contributed by atoms with E-state index in [1.54, 1.807) is 14.2 Å². The smallest absolute Gasteiger partial charge is 0.231 e. The van der Waals surface area contributed by atoms with Crippen molar-refractivity contribution in [2.75, 3.05) is 27.6 Å². The van der Waals surface area contributed by atoms with E-state index in [0.717, 1.165) is 42.4 Å². The Morgan fingerprint density at radius 2 is 1.83 bits per heavy atom. The summed E-state index contributed by atoms with van der Waals surface area (Å²) in [6.07, 6.45) is 1.79. The normalized spacial score (nSPS) is 18.2. The Balaban J connectivity index is 1.69. The van der Waals surface area contributed by atoms with Crippen molar-refractivity contribution in [3.05, 3.63) is 47.0 Å². The van der Waals surface area contributed by atoms with Crippen LogP contribution in [0.1, 0.15) is 22.7 Å². The van der Waals surface area contributed by atoms with Crippen LogP contribution in [0, 0.1) is 0 Å². The van der Waals surface area contributed by atoms with Gasteiger partial charge >= 0.3 is 0 Å². The fourth-order valence-corrected chi connectivity index (χ4v) is 3.58. The van der Waals surface area contributed by atoms with Crippen LogP contribution in [0.15, 0.2) is 30.3 Å². The van der Waals surface area contributed by atoms with Gasteiger partial charge in [-0.05, 0) is 49.2 Å². The lowest BCUT2D eigenvalue weighted by atomic mass is 9.89. The summed E-state index contributed by atoms with van der Waals surface area (Å²) in [7, 11) is 3.44. The maximum atomic E-state index is 5.61. The first-order valence-corrected chi connectivity index (χ1v) is 8.16. The fraction of sp³-hybridized carbons (Fsp3) is 0.368. The quantitative estimate of drug-likeness (QED) is 0.936. The van der Waals surface area contributed by atoms with Crippen LogP contribution in [0.25, 0.3) is 0 Å². The molecule has 1 N–H and O–H groups in total. The number of methoxy groups -OCH3 is 2. The molecule has 0 saturated heterocycles. The summed E-state index contributed by atoms with van der Waals surface area (Å²) in [6, 6.07) is 10.3. The first kappa shape index (κ1) is 15.1. The van der Waals surface area contributed by atoms with Crippen LogP contribution in [0.2, 0.25) is 0 Å². The van der Waals surface area contributed by atoms with Crippen molar-refractivity contribution in [1.82, 2.24) is 5.32 Å². The van der Waals surface area contributed by atoms with Crippen LogP contribution in [0.4, 0.5) is 0 Å². The van der Waals surface area contributed by atoms with Crippen LogP contribution >= 0.6 is 0 Å². The zero-order chi connectivity index (χ0) is 16.5. The average molecular weight is 327 g/mol. The molecule has 1 atom stereocenters. The molecule has 2 aliphatic rings. The minimum atomic E-state index is 0.180. The Labute approximate surface area is 141 Å². The summed E-state index contributed by atoms with van der Waals surface area (Å²) in [6.45, 7) is 1.22. The van der Waals surface area contributed by atoms with Gasteiger partial charge in [0.05, 0.1) is 14.2 Å². The number of hydrogen-bond acceptors (Lipinski definition) is 5. The minimum Gasteiger partial charge on any atom is -0.496 e. The Hall–Kier alpha value is -2.40. The van der Waals surface area contributed by atoms with E-state index in [9.17, 15) is 0 Å². The third-order valence-corrected chi connectivity index (χ3v) is 4.70. The van der Waals surface area contributed by atoms with E-state index >= 15 is 0 Å². The van der Waals surface area contributed by atoms with Crippen molar-refractivity contribution >= 4 is 0 Å². The van der Waals surface area contributed by atoms with Gasteiger partial charge in [-0.2, -0.15) is 0 Å². The second-order valence-corrected chi connectivity index (χ2v) is 6.01. The zero-order valence-corrected chi connectivity index (χ0v) is 13.9. The zero-order valence-electron chi connectivity index (χ0n) is 13.9. The van der Waals surface area contributed by atoms with Crippen LogP contribution in [0.3, 0.4) is 0 Å². The van der Waals surface area contributed by atoms with Gasteiger partial charge in [-0.1, -0.05) is 6.07 Å². The van der Waals surface area contributed by atoms with E-state index in [4.69, 9.17) is 18.9 Å². The second-order valence-electron chi connectivity index (χ2n) is 6.01. The summed E-state index contributed by atoms with van der Waals surface area (Å²) in [5.74, 6) is 3.47. The van der Waals surface area contributed by atoms with Crippen LogP contribution in [0.5, 0.6) is 23.0 Å². The lowest BCUT2D eigenvalue weighted by molar-refractivity contribution is 0.174. The third kappa shape index (κ3) is 2.55. The average Bonchev–Trinajstić information content (AvgIpc) is 3.08. The molecule has 5 heteroatoms. The third-order valence-electron chi connectivity index (χ3n) is 4.70. The highest BCUT2D eigenvalue weighted by Gasteiger charge is 2.27. The van der Waals surface area contributed by atoms with Gasteiger partial charge in [-0.25, -0.2) is 0 Å². The summed E-state index contributed by atoms with van der Waals surface area (Å²) in [5, 5.41) is 3.61. The van der Waals surface area contributed by atoms with Crippen molar-refractivity contribution in [2.45, 2.75) is 18.9 Å². The van der Waals surface area contributed by atoms with Gasteiger partial charge in [-0.15, -0.1) is 0 Å². The molecule has 0 aliphatic carbocycles. The molecule has 2 aromatic rings. The molecule has 0 saturated carbocycles. The highest BCUT2D eigenvalue weighted by molar-refractivity contribution is 5.52. The van der Waals surface area contributed by atoms with Crippen LogP contribution < -0.4 is 24.3 Å². The van der Waals surface area contributed by atoms with Gasteiger partial charge in [0.25, 0.3) is 0 Å². The topological polar surface area (TPSA) is 49.0 Å². The number of ether oxygens (including phenoxy) is 4. The molecule has 4 rings (SSSR count). The van der Waals surface area contributed by atoms with E-state index in [-0.39, 0.29) is 6.04 Å². The maximum absolute atomic E-state index is 5.61. The summed E-state index contributed by atoms with van der Waals surface area (Å²) < 4.78 is 22.0. The largest absolute Gasteiger partial charge is 0.496 e. The van der Waals surface area contributed by atoms with Gasteiger partial charge in [-0.3, -0.25) is 0 Å². The molecule has 24 heavy (non-hydrogen) atoms. The highest BCUT2D eigenvalue weighted by Crippen LogP contribution is 2.40. The Morgan fingerprint density at radius 1 is 1.04 bits per heavy atom. The summed E-state index contributed by atoms with van der Waals surface area (Å²) >= 11 is 0. The monoisotopic (exact) mass is 327 g/mol. The summed E-state index contributed by atoms with van der Waals surface area (Å²) in [4.78, 5) is 0. The minimum absolute atomic E-state index is 0.180. The molecule has 5 nitrogen and oxygen atoms in total. The van der Waals surface area contributed by atoms with Gasteiger partial charge in [0.1, 0.15) is 11.5 Å². The number of fused-ring (bicyclic) bond motifs is 2. The van der Waals surface area contributed by atoms with E-state index in [1.807, 2.05) is 18.2 Å². The lowest BCUT2D eigenvalue weighted by Gasteiger charge is -2.30. The second kappa shape index (κ2) is 6.24. The standard InChI is InChI=1S/C19H21NO4/c1-21-15-5-6-17(22-2)19-13(15)7-8-20-14(19)9-12-3-4-16-18(10-12)24-11-23-16/h3-6,10,14,20H,7-9,11H2,1-2H3. The molecule has 0 aromatic heterocycles. The Bertz CT molecular complexity index is 759. The van der Waals surface area contributed by atoms with Gasteiger partial charge in [0, 0.05) is 17.2 Å². The Morgan fingerprint density at radius 3 is 2.67 bits per heavy atom. The van der Waals surface area contributed by atoms with Crippen molar-refractivity contribution < 1.29 is 18.9 Å². The van der Waals surface area contributed by atoms with E-state index in [0.29, 0.717) is 6.79 Å². The highest BCUT2D eigenvalue weighted by atomic mass is 16.7. The van der Waals surface area contributed by atoms with Gasteiger partial charge in [0.2, 0.25) is 6.79 Å². The molecule has 126 valence electrons. The fourth-order valence-electron chi connectivity index (χ4n) is 3.58. The number of rotatable bonds is 4. The molecule has 0 spiro atoms. The summed E-state index contributed by atoms with van der Waals surface area (Å²) in [5.41, 5.74) is 3.64. The van der Waals surface area contributed by atoms with Gasteiger partial charge in [0.15, 0.2) is 11.5 Å². The van der Waals surface area contributed by atoms with E-state index in [2.05, 4.69) is 17.4 Å². The molecular formula is C19H21NO4. The van der Waals surface area contributed by atoms with Crippen molar-refractivity contribution in [3.63, 3.8) is 0 Å². The molecule has 0 bridgehead atoms. The predicted molar refractivity (Wildman–Crippen MR) is 90.3 cm³/mol. The first-order chi connectivity index (χ1) is 11.8. The van der Waals surface area contributed by atoms with Crippen molar-refractivity contribution in [2.24, 2.45) is 0 Å². The Kier molecular flexibility index (Phi) is 3.94. The number of nitrogens with one attached hydrogen (secondary N) is 1. The molecule has 0 fully saturated rings. The van der Waals surface area contributed by atoms with E-state index < -0.39 is 0 Å². The maximum Gasteiger partial charge on any atom is 0.231 e. The molecule has 0 radical (unpaired) electrons. The molecule has 2 aliphatic heterocycles. The number of hydrogen-bond donors (Lipinski definition) is 1. The molecule has 2 aromatic carbocycles. The lowest BCUT2D eigenvalue weighted by Crippen LogP contribution is -2.32. The molecular weight excluding hydrogens is 306 g/mol. The van der Waals surface area contributed by atoms with Crippen molar-refractivity contribution in [1.29, 1.82) is 0 Å².